The summed E-state index contributed by atoms with van der Waals surface area (Å²) in [5.41, 5.74) is 0. The van der Waals surface area contributed by atoms with Crippen LogP contribution in [0.2, 0.25) is 0 Å². The lowest BCUT2D eigenvalue weighted by atomic mass is 9.79. The number of hydrogen-bond donors (Lipinski definition) is 1. The van der Waals surface area contributed by atoms with Crippen LogP contribution in [-0.2, 0) is 9.59 Å². The second-order valence-electron chi connectivity index (χ2n) is 8.30. The Balaban J connectivity index is 1.34. The summed E-state index contributed by atoms with van der Waals surface area (Å²) in [6.07, 6.45) is 10.9. The zero-order valence-corrected chi connectivity index (χ0v) is 15.8. The molecule has 0 radical (unpaired) electrons. The van der Waals surface area contributed by atoms with Gasteiger partial charge < -0.3 is 10.2 Å². The Morgan fingerprint density at radius 2 is 1.64 bits per heavy atom. The average Bonchev–Trinajstić information content (AvgIpc) is 3.44. The van der Waals surface area contributed by atoms with Crippen molar-refractivity contribution in [2.45, 2.75) is 70.8 Å². The third kappa shape index (κ3) is 5.70. The van der Waals surface area contributed by atoms with Crippen LogP contribution >= 0.6 is 0 Å². The zero-order chi connectivity index (χ0) is 17.6. The highest BCUT2D eigenvalue weighted by Crippen LogP contribution is 2.33. The summed E-state index contributed by atoms with van der Waals surface area (Å²) in [5.74, 6) is 1.62. The molecule has 0 aromatic carbocycles. The first-order valence-corrected chi connectivity index (χ1v) is 10.5. The molecule has 2 amide bonds. The lowest BCUT2D eigenvalue weighted by Crippen LogP contribution is -2.52. The standard InChI is InChI=1S/C20H35N3O2/c1-2-3-4-16-5-7-17(8-6-16)20(25)23-13-11-22(12-14-23)15-19(24)21-18-9-10-18/h16-18H,2-15H2,1H3,(H,21,24). The van der Waals surface area contributed by atoms with Gasteiger partial charge in [-0.05, 0) is 44.4 Å². The molecule has 0 spiro atoms. The molecule has 5 heteroatoms. The molecule has 2 saturated carbocycles. The van der Waals surface area contributed by atoms with E-state index in [1.54, 1.807) is 0 Å². The quantitative estimate of drug-likeness (QED) is 0.768. The van der Waals surface area contributed by atoms with Gasteiger partial charge >= 0.3 is 0 Å². The molecule has 2 aliphatic carbocycles. The monoisotopic (exact) mass is 349 g/mol. The highest BCUT2D eigenvalue weighted by molar-refractivity contribution is 5.80. The van der Waals surface area contributed by atoms with Crippen molar-refractivity contribution in [3.63, 3.8) is 0 Å². The Labute approximate surface area is 152 Å². The largest absolute Gasteiger partial charge is 0.352 e. The van der Waals surface area contributed by atoms with Crippen molar-refractivity contribution in [2.75, 3.05) is 32.7 Å². The van der Waals surface area contributed by atoms with Crippen LogP contribution in [0.25, 0.3) is 0 Å². The summed E-state index contributed by atoms with van der Waals surface area (Å²) in [6.45, 7) is 5.97. The smallest absolute Gasteiger partial charge is 0.234 e. The maximum atomic E-state index is 12.8. The highest BCUT2D eigenvalue weighted by Gasteiger charge is 2.31. The lowest BCUT2D eigenvalue weighted by molar-refractivity contribution is -0.138. The van der Waals surface area contributed by atoms with Crippen molar-refractivity contribution in [1.29, 1.82) is 0 Å². The van der Waals surface area contributed by atoms with E-state index in [2.05, 4.69) is 17.1 Å². The molecule has 3 aliphatic rings. The van der Waals surface area contributed by atoms with Gasteiger partial charge in [0.15, 0.2) is 0 Å². The molecule has 1 heterocycles. The van der Waals surface area contributed by atoms with Crippen LogP contribution in [0.4, 0.5) is 0 Å². The van der Waals surface area contributed by atoms with E-state index in [4.69, 9.17) is 0 Å². The van der Waals surface area contributed by atoms with Gasteiger partial charge in [-0.2, -0.15) is 0 Å². The van der Waals surface area contributed by atoms with Crippen LogP contribution < -0.4 is 5.32 Å². The van der Waals surface area contributed by atoms with Crippen molar-refractivity contribution in [1.82, 2.24) is 15.1 Å². The SMILES string of the molecule is CCCCC1CCC(C(=O)N2CCN(CC(=O)NC3CC3)CC2)CC1. The number of nitrogens with one attached hydrogen (secondary N) is 1. The average molecular weight is 350 g/mol. The number of rotatable bonds is 7. The molecule has 1 N–H and O–H groups in total. The van der Waals surface area contributed by atoms with Gasteiger partial charge in [0.05, 0.1) is 6.54 Å². The minimum absolute atomic E-state index is 0.146. The fourth-order valence-electron chi connectivity index (χ4n) is 4.28. The van der Waals surface area contributed by atoms with Gasteiger partial charge in [0.25, 0.3) is 0 Å². The summed E-state index contributed by atoms with van der Waals surface area (Å²) < 4.78 is 0. The number of nitrogens with zero attached hydrogens (tertiary/aromatic N) is 2. The van der Waals surface area contributed by atoms with Gasteiger partial charge in [-0.15, -0.1) is 0 Å². The third-order valence-corrected chi connectivity index (χ3v) is 6.16. The first kappa shape index (κ1) is 18.7. The van der Waals surface area contributed by atoms with E-state index >= 15 is 0 Å². The number of carbonyl (C=O) groups is 2. The Kier molecular flexibility index (Phi) is 6.74. The number of amides is 2. The van der Waals surface area contributed by atoms with E-state index in [0.29, 0.717) is 18.5 Å². The van der Waals surface area contributed by atoms with Crippen LogP contribution in [0, 0.1) is 11.8 Å². The molecule has 0 aromatic heterocycles. The molecular formula is C20H35N3O2. The summed E-state index contributed by atoms with van der Waals surface area (Å²) in [4.78, 5) is 28.9. The number of hydrogen-bond acceptors (Lipinski definition) is 3. The van der Waals surface area contributed by atoms with Gasteiger partial charge in [-0.1, -0.05) is 26.2 Å². The third-order valence-electron chi connectivity index (χ3n) is 6.16. The maximum absolute atomic E-state index is 12.8. The van der Waals surface area contributed by atoms with Gasteiger partial charge in [0.1, 0.15) is 0 Å². The summed E-state index contributed by atoms with van der Waals surface area (Å²) in [5, 5.41) is 3.04. The molecular weight excluding hydrogens is 314 g/mol. The van der Waals surface area contributed by atoms with Crippen molar-refractivity contribution in [3.8, 4) is 0 Å². The van der Waals surface area contributed by atoms with Gasteiger partial charge in [0, 0.05) is 38.1 Å². The van der Waals surface area contributed by atoms with Gasteiger partial charge in [-0.3, -0.25) is 14.5 Å². The Morgan fingerprint density at radius 3 is 2.24 bits per heavy atom. The molecule has 1 aliphatic heterocycles. The second kappa shape index (κ2) is 9.02. The molecule has 0 bridgehead atoms. The molecule has 25 heavy (non-hydrogen) atoms. The van der Waals surface area contributed by atoms with E-state index in [-0.39, 0.29) is 11.8 Å². The van der Waals surface area contributed by atoms with E-state index in [9.17, 15) is 9.59 Å². The predicted octanol–water partition coefficient (Wildman–Crippen LogP) is 2.41. The molecule has 3 fully saturated rings. The van der Waals surface area contributed by atoms with Crippen molar-refractivity contribution in [3.05, 3.63) is 0 Å². The normalized spacial score (nSPS) is 28.0. The van der Waals surface area contributed by atoms with Crippen LogP contribution in [0.1, 0.15) is 64.7 Å². The minimum atomic E-state index is 0.146. The first-order valence-electron chi connectivity index (χ1n) is 10.5. The fraction of sp³-hybridized carbons (Fsp3) is 0.900. The van der Waals surface area contributed by atoms with Gasteiger partial charge in [0.2, 0.25) is 11.8 Å². The molecule has 0 atom stereocenters. The van der Waals surface area contributed by atoms with E-state index in [1.807, 2.05) is 4.90 Å². The molecule has 3 rings (SSSR count). The Morgan fingerprint density at radius 1 is 0.960 bits per heavy atom. The van der Waals surface area contributed by atoms with Crippen LogP contribution in [-0.4, -0.2) is 60.4 Å². The maximum Gasteiger partial charge on any atom is 0.234 e. The van der Waals surface area contributed by atoms with Crippen LogP contribution in [0.5, 0.6) is 0 Å². The number of carbonyl (C=O) groups excluding carboxylic acids is 2. The predicted molar refractivity (Wildman–Crippen MR) is 99.2 cm³/mol. The van der Waals surface area contributed by atoms with Crippen molar-refractivity contribution in [2.24, 2.45) is 11.8 Å². The first-order chi connectivity index (χ1) is 12.2. The van der Waals surface area contributed by atoms with E-state index < -0.39 is 0 Å². The Bertz CT molecular complexity index is 448. The summed E-state index contributed by atoms with van der Waals surface area (Å²) in [7, 11) is 0. The summed E-state index contributed by atoms with van der Waals surface area (Å²) in [6, 6.07) is 0.433. The minimum Gasteiger partial charge on any atom is -0.352 e. The van der Waals surface area contributed by atoms with Gasteiger partial charge in [-0.25, -0.2) is 0 Å². The van der Waals surface area contributed by atoms with E-state index in [0.717, 1.165) is 57.8 Å². The lowest BCUT2D eigenvalue weighted by Gasteiger charge is -2.37. The number of piperazine rings is 1. The fourth-order valence-corrected chi connectivity index (χ4v) is 4.28. The topological polar surface area (TPSA) is 52.7 Å². The molecule has 142 valence electrons. The van der Waals surface area contributed by atoms with Crippen LogP contribution in [0.15, 0.2) is 0 Å². The molecule has 5 nitrogen and oxygen atoms in total. The zero-order valence-electron chi connectivity index (χ0n) is 15.8. The summed E-state index contributed by atoms with van der Waals surface area (Å²) >= 11 is 0. The molecule has 1 saturated heterocycles. The highest BCUT2D eigenvalue weighted by atomic mass is 16.2. The molecule has 0 aromatic rings. The van der Waals surface area contributed by atoms with E-state index in [1.165, 1.54) is 32.1 Å². The van der Waals surface area contributed by atoms with Crippen molar-refractivity contribution < 1.29 is 9.59 Å². The molecule has 0 unspecified atom stereocenters. The Hall–Kier alpha value is -1.10. The van der Waals surface area contributed by atoms with Crippen molar-refractivity contribution >= 4 is 11.8 Å². The van der Waals surface area contributed by atoms with Crippen LogP contribution in [0.3, 0.4) is 0 Å². The number of unbranched alkanes of at least 4 members (excludes halogenated alkanes) is 1. The second-order valence-corrected chi connectivity index (χ2v) is 8.30.